The van der Waals surface area contributed by atoms with Gasteiger partial charge in [-0.2, -0.15) is 0 Å². The second-order valence-corrected chi connectivity index (χ2v) is 7.30. The minimum absolute atomic E-state index is 0.0453. The van der Waals surface area contributed by atoms with E-state index in [0.717, 1.165) is 23.6 Å². The Morgan fingerprint density at radius 1 is 1.22 bits per heavy atom. The molecule has 2 aromatic rings. The Balaban J connectivity index is 1.95. The van der Waals surface area contributed by atoms with Crippen LogP contribution in [0.2, 0.25) is 0 Å². The highest BCUT2D eigenvalue weighted by molar-refractivity contribution is 7.89. The summed E-state index contributed by atoms with van der Waals surface area (Å²) in [4.78, 5) is 10.3. The van der Waals surface area contributed by atoms with Crippen molar-refractivity contribution in [3.63, 3.8) is 0 Å². The molecule has 0 saturated heterocycles. The van der Waals surface area contributed by atoms with Gasteiger partial charge in [-0.3, -0.25) is 10.1 Å². The SMILES string of the molecule is Cc1ccc([N+](=O)[O-])cc1S(=O)(=O)NC1CCc2ccccc21. The summed E-state index contributed by atoms with van der Waals surface area (Å²) in [6, 6.07) is 11.3. The maximum Gasteiger partial charge on any atom is 0.270 e. The monoisotopic (exact) mass is 332 g/mol. The van der Waals surface area contributed by atoms with Gasteiger partial charge < -0.3 is 0 Å². The van der Waals surface area contributed by atoms with Crippen LogP contribution in [0, 0.1) is 17.0 Å². The van der Waals surface area contributed by atoms with Crippen molar-refractivity contribution in [1.82, 2.24) is 4.72 Å². The Morgan fingerprint density at radius 3 is 2.70 bits per heavy atom. The molecule has 0 aromatic heterocycles. The Labute approximate surface area is 134 Å². The molecular formula is C16H16N2O4S. The first-order chi connectivity index (χ1) is 10.9. The van der Waals surface area contributed by atoms with Gasteiger partial charge in [0.25, 0.3) is 5.69 Å². The zero-order chi connectivity index (χ0) is 16.6. The molecule has 7 heteroatoms. The van der Waals surface area contributed by atoms with E-state index in [2.05, 4.69) is 4.72 Å². The van der Waals surface area contributed by atoms with Crippen LogP contribution in [0.15, 0.2) is 47.4 Å². The van der Waals surface area contributed by atoms with Crippen molar-refractivity contribution in [3.05, 3.63) is 69.3 Å². The van der Waals surface area contributed by atoms with Gasteiger partial charge in [-0.05, 0) is 36.5 Å². The highest BCUT2D eigenvalue weighted by atomic mass is 32.2. The molecule has 0 heterocycles. The first-order valence-corrected chi connectivity index (χ1v) is 8.72. The Kier molecular flexibility index (Phi) is 3.91. The van der Waals surface area contributed by atoms with Gasteiger partial charge in [0.2, 0.25) is 10.0 Å². The zero-order valence-electron chi connectivity index (χ0n) is 12.5. The van der Waals surface area contributed by atoms with Crippen molar-refractivity contribution in [2.75, 3.05) is 0 Å². The van der Waals surface area contributed by atoms with Crippen molar-refractivity contribution in [1.29, 1.82) is 0 Å². The van der Waals surface area contributed by atoms with Gasteiger partial charge in [0, 0.05) is 18.2 Å². The van der Waals surface area contributed by atoms with E-state index >= 15 is 0 Å². The van der Waals surface area contributed by atoms with E-state index in [0.29, 0.717) is 12.0 Å². The second-order valence-electron chi connectivity index (χ2n) is 5.62. The lowest BCUT2D eigenvalue weighted by atomic mass is 10.1. The fourth-order valence-corrected chi connectivity index (χ4v) is 4.44. The minimum atomic E-state index is -3.83. The quantitative estimate of drug-likeness (QED) is 0.688. The molecule has 1 aliphatic carbocycles. The van der Waals surface area contributed by atoms with Crippen LogP contribution in [0.25, 0.3) is 0 Å². The van der Waals surface area contributed by atoms with Crippen LogP contribution in [-0.2, 0) is 16.4 Å². The van der Waals surface area contributed by atoms with Gasteiger partial charge in [-0.1, -0.05) is 30.3 Å². The first-order valence-electron chi connectivity index (χ1n) is 7.23. The third kappa shape index (κ3) is 2.97. The zero-order valence-corrected chi connectivity index (χ0v) is 13.3. The molecule has 6 nitrogen and oxygen atoms in total. The fourth-order valence-electron chi connectivity index (χ4n) is 2.92. The van der Waals surface area contributed by atoms with Gasteiger partial charge in [-0.15, -0.1) is 0 Å². The molecule has 1 N–H and O–H groups in total. The highest BCUT2D eigenvalue weighted by Gasteiger charge is 2.28. The molecule has 1 aliphatic rings. The topological polar surface area (TPSA) is 89.3 Å². The maximum atomic E-state index is 12.7. The van der Waals surface area contributed by atoms with E-state index in [4.69, 9.17) is 0 Å². The average molecular weight is 332 g/mol. The molecule has 0 bridgehead atoms. The molecule has 1 unspecified atom stereocenters. The van der Waals surface area contributed by atoms with Crippen LogP contribution in [0.3, 0.4) is 0 Å². The summed E-state index contributed by atoms with van der Waals surface area (Å²) in [5.41, 5.74) is 2.35. The summed E-state index contributed by atoms with van der Waals surface area (Å²) in [6.07, 6.45) is 1.50. The lowest BCUT2D eigenvalue weighted by molar-refractivity contribution is -0.385. The van der Waals surface area contributed by atoms with Gasteiger partial charge in [0.05, 0.1) is 9.82 Å². The first kappa shape index (κ1) is 15.6. The van der Waals surface area contributed by atoms with Crippen molar-refractivity contribution < 1.29 is 13.3 Å². The van der Waals surface area contributed by atoms with Crippen LogP contribution in [-0.4, -0.2) is 13.3 Å². The van der Waals surface area contributed by atoms with Gasteiger partial charge >= 0.3 is 0 Å². The number of non-ortho nitro benzene ring substituents is 1. The Morgan fingerprint density at radius 2 is 1.96 bits per heavy atom. The second kappa shape index (κ2) is 5.75. The number of rotatable bonds is 4. The molecule has 0 saturated carbocycles. The molecule has 3 rings (SSSR count). The van der Waals surface area contributed by atoms with Crippen molar-refractivity contribution in [2.45, 2.75) is 30.7 Å². The van der Waals surface area contributed by atoms with E-state index in [-0.39, 0.29) is 16.6 Å². The molecule has 1 atom stereocenters. The largest absolute Gasteiger partial charge is 0.270 e. The van der Waals surface area contributed by atoms with Gasteiger partial charge in [0.1, 0.15) is 0 Å². The third-order valence-electron chi connectivity index (χ3n) is 4.10. The third-order valence-corrected chi connectivity index (χ3v) is 5.72. The number of benzene rings is 2. The number of nitrogens with zero attached hydrogens (tertiary/aromatic N) is 1. The van der Waals surface area contributed by atoms with Crippen molar-refractivity contribution in [3.8, 4) is 0 Å². The molecule has 0 spiro atoms. The van der Waals surface area contributed by atoms with E-state index in [9.17, 15) is 18.5 Å². The summed E-state index contributed by atoms with van der Waals surface area (Å²) in [6.45, 7) is 1.63. The summed E-state index contributed by atoms with van der Waals surface area (Å²) in [7, 11) is -3.83. The Hall–Kier alpha value is -2.25. The molecule has 2 aromatic carbocycles. The van der Waals surface area contributed by atoms with E-state index in [1.807, 2.05) is 24.3 Å². The predicted molar refractivity (Wildman–Crippen MR) is 85.7 cm³/mol. The molecule has 120 valence electrons. The molecule has 0 amide bonds. The van der Waals surface area contributed by atoms with E-state index in [1.54, 1.807) is 6.92 Å². The van der Waals surface area contributed by atoms with Crippen molar-refractivity contribution >= 4 is 15.7 Å². The Bertz CT molecular complexity index is 877. The highest BCUT2D eigenvalue weighted by Crippen LogP contribution is 2.32. The van der Waals surface area contributed by atoms with Crippen LogP contribution in [0.4, 0.5) is 5.69 Å². The smallest absolute Gasteiger partial charge is 0.258 e. The summed E-state index contributed by atoms with van der Waals surface area (Å²) >= 11 is 0. The summed E-state index contributed by atoms with van der Waals surface area (Å²) in [5.74, 6) is 0. The van der Waals surface area contributed by atoms with Gasteiger partial charge in [0.15, 0.2) is 0 Å². The molecule has 0 aliphatic heterocycles. The summed E-state index contributed by atoms with van der Waals surface area (Å²) in [5, 5.41) is 10.9. The number of sulfonamides is 1. The normalized spacial score (nSPS) is 17.0. The standard InChI is InChI=1S/C16H16N2O4S/c1-11-6-8-13(18(19)20)10-16(11)23(21,22)17-15-9-7-12-4-2-3-5-14(12)15/h2-6,8,10,15,17H,7,9H2,1H3. The number of nitro benzene ring substituents is 1. The number of nitro groups is 1. The van der Waals surface area contributed by atoms with Crippen LogP contribution in [0.5, 0.6) is 0 Å². The lowest BCUT2D eigenvalue weighted by Crippen LogP contribution is -2.28. The van der Waals surface area contributed by atoms with Gasteiger partial charge in [-0.25, -0.2) is 13.1 Å². The molecule has 0 radical (unpaired) electrons. The summed E-state index contributed by atoms with van der Waals surface area (Å²) < 4.78 is 28.0. The number of nitrogens with one attached hydrogen (secondary N) is 1. The predicted octanol–water partition coefficient (Wildman–Crippen LogP) is 2.87. The van der Waals surface area contributed by atoms with E-state index < -0.39 is 14.9 Å². The van der Waals surface area contributed by atoms with Crippen LogP contribution < -0.4 is 4.72 Å². The number of hydrogen-bond donors (Lipinski definition) is 1. The minimum Gasteiger partial charge on any atom is -0.258 e. The number of fused-ring (bicyclic) bond motifs is 1. The molecule has 0 fully saturated rings. The number of aryl methyl sites for hydroxylation is 2. The van der Waals surface area contributed by atoms with Crippen LogP contribution >= 0.6 is 0 Å². The average Bonchev–Trinajstić information content (AvgIpc) is 2.90. The van der Waals surface area contributed by atoms with E-state index in [1.165, 1.54) is 12.1 Å². The number of hydrogen-bond acceptors (Lipinski definition) is 4. The molecule has 23 heavy (non-hydrogen) atoms. The van der Waals surface area contributed by atoms with Crippen LogP contribution in [0.1, 0.15) is 29.2 Å². The lowest BCUT2D eigenvalue weighted by Gasteiger charge is -2.15. The molecular weight excluding hydrogens is 316 g/mol. The maximum absolute atomic E-state index is 12.7. The van der Waals surface area contributed by atoms with Crippen molar-refractivity contribution in [2.24, 2.45) is 0 Å². The fraction of sp³-hybridized carbons (Fsp3) is 0.250.